The lowest BCUT2D eigenvalue weighted by Gasteiger charge is -2.34. The highest BCUT2D eigenvalue weighted by Crippen LogP contribution is 2.08. The smallest absolute Gasteiger partial charge is 0.291 e. The third-order valence-electron chi connectivity index (χ3n) is 5.06. The van der Waals surface area contributed by atoms with Crippen molar-refractivity contribution in [1.29, 1.82) is 0 Å². The summed E-state index contributed by atoms with van der Waals surface area (Å²) in [7, 11) is 0. The largest absolute Gasteiger partial charge is 0.348 e. The van der Waals surface area contributed by atoms with Crippen molar-refractivity contribution in [2.45, 2.75) is 13.5 Å². The number of amides is 1. The predicted octanol–water partition coefficient (Wildman–Crippen LogP) is 0.980. The summed E-state index contributed by atoms with van der Waals surface area (Å²) in [5.41, 5.74) is 2.25. The summed E-state index contributed by atoms with van der Waals surface area (Å²) in [4.78, 5) is 25.5. The van der Waals surface area contributed by atoms with Crippen LogP contribution in [-0.2, 0) is 6.54 Å². The molecule has 1 saturated heterocycles. The Hall–Kier alpha value is -2.84. The van der Waals surface area contributed by atoms with Gasteiger partial charge in [-0.05, 0) is 18.6 Å². The van der Waals surface area contributed by atoms with E-state index in [1.165, 1.54) is 5.56 Å². The summed E-state index contributed by atoms with van der Waals surface area (Å²) in [5, 5.41) is 7.16. The summed E-state index contributed by atoms with van der Waals surface area (Å²) < 4.78 is 1.58. The first kappa shape index (κ1) is 18.5. The Balaban J connectivity index is 1.21. The van der Waals surface area contributed by atoms with Crippen LogP contribution in [0.15, 0.2) is 42.6 Å². The molecule has 1 N–H and O–H groups in total. The molecule has 8 nitrogen and oxygen atoms in total. The van der Waals surface area contributed by atoms with E-state index in [1.54, 1.807) is 10.7 Å². The molecule has 146 valence electrons. The molecule has 3 aromatic rings. The van der Waals surface area contributed by atoms with Gasteiger partial charge in [0.25, 0.3) is 11.7 Å². The fraction of sp³-hybridized carbons (Fsp3) is 0.400. The zero-order valence-electron chi connectivity index (χ0n) is 16.1. The van der Waals surface area contributed by atoms with Crippen LogP contribution in [0.25, 0.3) is 5.78 Å². The van der Waals surface area contributed by atoms with Gasteiger partial charge in [-0.1, -0.05) is 30.3 Å². The maximum Gasteiger partial charge on any atom is 0.291 e. The molecule has 1 aliphatic rings. The van der Waals surface area contributed by atoms with Gasteiger partial charge in [-0.25, -0.2) is 9.50 Å². The quantitative estimate of drug-likeness (QED) is 0.688. The number of aromatic nitrogens is 4. The van der Waals surface area contributed by atoms with Gasteiger partial charge >= 0.3 is 0 Å². The normalized spacial score (nSPS) is 15.8. The molecule has 0 aliphatic carbocycles. The Labute approximate surface area is 164 Å². The monoisotopic (exact) mass is 379 g/mol. The van der Waals surface area contributed by atoms with Crippen molar-refractivity contribution >= 4 is 11.7 Å². The summed E-state index contributed by atoms with van der Waals surface area (Å²) >= 11 is 0. The van der Waals surface area contributed by atoms with Crippen LogP contribution in [0.1, 0.15) is 21.9 Å². The standard InChI is InChI=1S/C20H25N7O/c1-16-7-8-22-20-23-18(24-27(16)20)19(28)21-9-10-25-11-13-26(14-12-25)15-17-5-3-2-4-6-17/h2-8H,9-15H2,1H3,(H,21,28). The average molecular weight is 379 g/mol. The molecule has 28 heavy (non-hydrogen) atoms. The van der Waals surface area contributed by atoms with E-state index in [4.69, 9.17) is 0 Å². The van der Waals surface area contributed by atoms with Gasteiger partial charge in [-0.15, -0.1) is 5.10 Å². The lowest BCUT2D eigenvalue weighted by atomic mass is 10.2. The summed E-state index contributed by atoms with van der Waals surface area (Å²) in [6.45, 7) is 8.43. The molecule has 0 saturated carbocycles. The number of carbonyl (C=O) groups is 1. The third kappa shape index (κ3) is 4.35. The van der Waals surface area contributed by atoms with E-state index >= 15 is 0 Å². The average Bonchev–Trinajstić information content (AvgIpc) is 3.16. The van der Waals surface area contributed by atoms with Crippen molar-refractivity contribution in [2.24, 2.45) is 0 Å². The zero-order valence-corrected chi connectivity index (χ0v) is 16.1. The number of hydrogen-bond acceptors (Lipinski definition) is 6. The minimum atomic E-state index is -0.257. The molecule has 0 bridgehead atoms. The molecule has 0 atom stereocenters. The van der Waals surface area contributed by atoms with Gasteiger partial charge in [0.15, 0.2) is 0 Å². The number of nitrogens with zero attached hydrogens (tertiary/aromatic N) is 6. The maximum atomic E-state index is 12.3. The number of carbonyl (C=O) groups excluding carboxylic acids is 1. The van der Waals surface area contributed by atoms with Crippen molar-refractivity contribution in [3.05, 3.63) is 59.7 Å². The maximum absolute atomic E-state index is 12.3. The van der Waals surface area contributed by atoms with Crippen LogP contribution in [0.2, 0.25) is 0 Å². The highest BCUT2D eigenvalue weighted by molar-refractivity contribution is 5.90. The molecule has 4 rings (SSSR count). The van der Waals surface area contributed by atoms with Crippen LogP contribution >= 0.6 is 0 Å². The van der Waals surface area contributed by atoms with Crippen molar-refractivity contribution in [3.63, 3.8) is 0 Å². The van der Waals surface area contributed by atoms with E-state index in [1.807, 2.05) is 13.0 Å². The van der Waals surface area contributed by atoms with Gasteiger partial charge in [-0.3, -0.25) is 14.6 Å². The lowest BCUT2D eigenvalue weighted by Crippen LogP contribution is -2.48. The fourth-order valence-corrected chi connectivity index (χ4v) is 3.42. The van der Waals surface area contributed by atoms with E-state index in [0.29, 0.717) is 12.3 Å². The molecule has 8 heteroatoms. The highest BCUT2D eigenvalue weighted by atomic mass is 16.2. The Morgan fingerprint density at radius 2 is 1.82 bits per heavy atom. The van der Waals surface area contributed by atoms with Crippen LogP contribution < -0.4 is 5.32 Å². The summed E-state index contributed by atoms with van der Waals surface area (Å²) in [6.07, 6.45) is 1.67. The van der Waals surface area contributed by atoms with Gasteiger partial charge in [0.05, 0.1) is 0 Å². The van der Waals surface area contributed by atoms with Crippen LogP contribution in [0, 0.1) is 6.92 Å². The first-order valence-electron chi connectivity index (χ1n) is 9.64. The number of rotatable bonds is 6. The van der Waals surface area contributed by atoms with Crippen LogP contribution in [0.5, 0.6) is 0 Å². The second-order valence-electron chi connectivity index (χ2n) is 7.09. The number of hydrogen-bond donors (Lipinski definition) is 1. The first-order valence-corrected chi connectivity index (χ1v) is 9.64. The molecule has 1 fully saturated rings. The molecule has 2 aromatic heterocycles. The number of fused-ring (bicyclic) bond motifs is 1. The first-order chi connectivity index (χ1) is 13.7. The number of benzene rings is 1. The molecule has 0 spiro atoms. The fourth-order valence-electron chi connectivity index (χ4n) is 3.42. The lowest BCUT2D eigenvalue weighted by molar-refractivity contribution is 0.0924. The van der Waals surface area contributed by atoms with Crippen LogP contribution in [0.4, 0.5) is 0 Å². The van der Waals surface area contributed by atoms with E-state index in [0.717, 1.165) is 45.0 Å². The van der Waals surface area contributed by atoms with Crippen LogP contribution in [-0.4, -0.2) is 74.6 Å². The van der Waals surface area contributed by atoms with Gasteiger partial charge in [0.1, 0.15) is 0 Å². The predicted molar refractivity (Wildman–Crippen MR) is 106 cm³/mol. The number of aryl methyl sites for hydroxylation is 1. The minimum Gasteiger partial charge on any atom is -0.348 e. The molecule has 1 amide bonds. The second-order valence-corrected chi connectivity index (χ2v) is 7.09. The third-order valence-corrected chi connectivity index (χ3v) is 5.06. The number of nitrogens with one attached hydrogen (secondary N) is 1. The van der Waals surface area contributed by atoms with Gasteiger partial charge in [0, 0.05) is 57.7 Å². The van der Waals surface area contributed by atoms with Crippen molar-refractivity contribution in [2.75, 3.05) is 39.3 Å². The highest BCUT2D eigenvalue weighted by Gasteiger charge is 2.18. The van der Waals surface area contributed by atoms with E-state index in [-0.39, 0.29) is 11.7 Å². The second kappa shape index (κ2) is 8.45. The van der Waals surface area contributed by atoms with Crippen LogP contribution in [0.3, 0.4) is 0 Å². The van der Waals surface area contributed by atoms with Crippen molar-refractivity contribution < 1.29 is 4.79 Å². The van der Waals surface area contributed by atoms with Gasteiger partial charge in [-0.2, -0.15) is 4.98 Å². The van der Waals surface area contributed by atoms with E-state index in [2.05, 4.69) is 60.5 Å². The van der Waals surface area contributed by atoms with Gasteiger partial charge < -0.3 is 5.32 Å². The van der Waals surface area contributed by atoms with Crippen molar-refractivity contribution in [3.8, 4) is 0 Å². The summed E-state index contributed by atoms with van der Waals surface area (Å²) in [5.74, 6) is 0.349. The van der Waals surface area contributed by atoms with E-state index in [9.17, 15) is 4.79 Å². The SMILES string of the molecule is Cc1ccnc2nc(C(=O)NCCN3CCN(Cc4ccccc4)CC3)nn12. The minimum absolute atomic E-state index is 0.162. The number of piperazine rings is 1. The zero-order chi connectivity index (χ0) is 19.3. The van der Waals surface area contributed by atoms with Gasteiger partial charge in [0.2, 0.25) is 5.82 Å². The Kier molecular flexibility index (Phi) is 5.59. The molecule has 0 unspecified atom stereocenters. The molecular weight excluding hydrogens is 354 g/mol. The summed E-state index contributed by atoms with van der Waals surface area (Å²) in [6, 6.07) is 12.4. The Morgan fingerprint density at radius 1 is 1.07 bits per heavy atom. The van der Waals surface area contributed by atoms with E-state index < -0.39 is 0 Å². The molecule has 1 aromatic carbocycles. The van der Waals surface area contributed by atoms with Crippen molar-refractivity contribution in [1.82, 2.24) is 34.7 Å². The molecule has 1 aliphatic heterocycles. The Morgan fingerprint density at radius 3 is 2.57 bits per heavy atom. The molecule has 3 heterocycles. The topological polar surface area (TPSA) is 78.7 Å². The molecular formula is C20H25N7O. The Bertz CT molecular complexity index is 932. The molecule has 0 radical (unpaired) electrons.